The lowest BCUT2D eigenvalue weighted by Crippen LogP contribution is -2.30. The number of anilines is 1. The fraction of sp³-hybridized carbons (Fsp3) is 0.500. The van der Waals surface area contributed by atoms with E-state index in [1.165, 1.54) is 0 Å². The standard InChI is InChI=1S/C12H18N2O2/c1-8(14(2)3)16-11-7-10(13)6-9-4-5-15-12(9)11/h6-8H,4-5,13H2,1-3H3. The summed E-state index contributed by atoms with van der Waals surface area (Å²) >= 11 is 0. The zero-order chi connectivity index (χ0) is 11.7. The van der Waals surface area contributed by atoms with E-state index >= 15 is 0 Å². The van der Waals surface area contributed by atoms with Gasteiger partial charge in [0.15, 0.2) is 11.5 Å². The summed E-state index contributed by atoms with van der Waals surface area (Å²) in [5, 5.41) is 0. The lowest BCUT2D eigenvalue weighted by Gasteiger charge is -2.22. The third-order valence-electron chi connectivity index (χ3n) is 2.80. The Morgan fingerprint density at radius 2 is 2.19 bits per heavy atom. The van der Waals surface area contributed by atoms with Crippen LogP contribution in [0.4, 0.5) is 5.69 Å². The fourth-order valence-electron chi connectivity index (χ4n) is 1.67. The molecule has 4 nitrogen and oxygen atoms in total. The maximum absolute atomic E-state index is 5.83. The normalized spacial score (nSPS) is 15.8. The fourth-order valence-corrected chi connectivity index (χ4v) is 1.67. The summed E-state index contributed by atoms with van der Waals surface area (Å²) in [4.78, 5) is 1.99. The van der Waals surface area contributed by atoms with E-state index < -0.39 is 0 Å². The molecule has 1 heterocycles. The summed E-state index contributed by atoms with van der Waals surface area (Å²) in [6.45, 7) is 2.70. The van der Waals surface area contributed by atoms with Gasteiger partial charge in [0, 0.05) is 23.7 Å². The molecule has 4 heteroatoms. The molecule has 1 aliphatic heterocycles. The molecule has 1 atom stereocenters. The topological polar surface area (TPSA) is 47.7 Å². The smallest absolute Gasteiger partial charge is 0.165 e. The third-order valence-corrected chi connectivity index (χ3v) is 2.80. The van der Waals surface area contributed by atoms with E-state index in [9.17, 15) is 0 Å². The van der Waals surface area contributed by atoms with Gasteiger partial charge in [-0.25, -0.2) is 0 Å². The highest BCUT2D eigenvalue weighted by molar-refractivity contribution is 5.58. The van der Waals surface area contributed by atoms with Crippen LogP contribution in [0, 0.1) is 0 Å². The molecule has 0 aliphatic carbocycles. The highest BCUT2D eigenvalue weighted by atomic mass is 16.5. The first-order valence-electron chi connectivity index (χ1n) is 5.46. The summed E-state index contributed by atoms with van der Waals surface area (Å²) in [6, 6.07) is 3.78. The molecule has 0 amide bonds. The van der Waals surface area contributed by atoms with Gasteiger partial charge in [0.05, 0.1) is 6.61 Å². The number of ether oxygens (including phenoxy) is 2. The number of benzene rings is 1. The minimum atomic E-state index is -0.00454. The van der Waals surface area contributed by atoms with Gasteiger partial charge in [0.2, 0.25) is 0 Å². The Balaban J connectivity index is 2.27. The SMILES string of the molecule is CC(Oc1cc(N)cc2c1OCC2)N(C)C. The van der Waals surface area contributed by atoms with Crippen LogP contribution in [0.25, 0.3) is 0 Å². The van der Waals surface area contributed by atoms with Crippen molar-refractivity contribution in [3.63, 3.8) is 0 Å². The average molecular weight is 222 g/mol. The zero-order valence-electron chi connectivity index (χ0n) is 9.99. The van der Waals surface area contributed by atoms with E-state index in [1.54, 1.807) is 0 Å². The van der Waals surface area contributed by atoms with Gasteiger partial charge in [-0.3, -0.25) is 4.90 Å². The van der Waals surface area contributed by atoms with Crippen LogP contribution in [0.3, 0.4) is 0 Å². The van der Waals surface area contributed by atoms with Crippen LogP contribution in [0.15, 0.2) is 12.1 Å². The van der Waals surface area contributed by atoms with Gasteiger partial charge in [-0.1, -0.05) is 0 Å². The first-order valence-corrected chi connectivity index (χ1v) is 5.46. The molecule has 0 radical (unpaired) electrons. The Kier molecular flexibility index (Phi) is 2.92. The number of hydrogen-bond donors (Lipinski definition) is 1. The van der Waals surface area contributed by atoms with Crippen molar-refractivity contribution >= 4 is 5.69 Å². The molecule has 1 aromatic rings. The highest BCUT2D eigenvalue weighted by Gasteiger charge is 2.20. The van der Waals surface area contributed by atoms with Crippen molar-refractivity contribution in [2.45, 2.75) is 19.6 Å². The Morgan fingerprint density at radius 1 is 1.44 bits per heavy atom. The number of fused-ring (bicyclic) bond motifs is 1. The summed E-state index contributed by atoms with van der Waals surface area (Å²) in [5.41, 5.74) is 7.70. The lowest BCUT2D eigenvalue weighted by molar-refractivity contribution is 0.0784. The second-order valence-corrected chi connectivity index (χ2v) is 4.29. The van der Waals surface area contributed by atoms with Crippen LogP contribution in [-0.4, -0.2) is 31.8 Å². The highest BCUT2D eigenvalue weighted by Crippen LogP contribution is 2.38. The zero-order valence-corrected chi connectivity index (χ0v) is 9.99. The second-order valence-electron chi connectivity index (χ2n) is 4.29. The molecule has 0 spiro atoms. The van der Waals surface area contributed by atoms with Gasteiger partial charge in [0.25, 0.3) is 0 Å². The number of nitrogens with zero attached hydrogens (tertiary/aromatic N) is 1. The Hall–Kier alpha value is -1.42. The molecule has 0 fully saturated rings. The summed E-state index contributed by atoms with van der Waals surface area (Å²) in [7, 11) is 3.94. The van der Waals surface area contributed by atoms with Crippen LogP contribution >= 0.6 is 0 Å². The maximum atomic E-state index is 5.83. The minimum absolute atomic E-state index is 0.00454. The molecular formula is C12H18N2O2. The number of nitrogen functional groups attached to an aromatic ring is 1. The van der Waals surface area contributed by atoms with Crippen molar-refractivity contribution in [1.82, 2.24) is 4.90 Å². The monoisotopic (exact) mass is 222 g/mol. The van der Waals surface area contributed by atoms with Crippen LogP contribution in [0.5, 0.6) is 11.5 Å². The molecular weight excluding hydrogens is 204 g/mol. The van der Waals surface area contributed by atoms with Crippen molar-refractivity contribution < 1.29 is 9.47 Å². The van der Waals surface area contributed by atoms with E-state index in [0.717, 1.165) is 29.2 Å². The van der Waals surface area contributed by atoms with Crippen molar-refractivity contribution in [3.8, 4) is 11.5 Å². The van der Waals surface area contributed by atoms with Gasteiger partial charge < -0.3 is 15.2 Å². The van der Waals surface area contributed by atoms with Gasteiger partial charge in [-0.15, -0.1) is 0 Å². The van der Waals surface area contributed by atoms with E-state index in [0.29, 0.717) is 6.61 Å². The van der Waals surface area contributed by atoms with E-state index in [1.807, 2.05) is 38.1 Å². The van der Waals surface area contributed by atoms with E-state index in [-0.39, 0.29) is 6.23 Å². The number of rotatable bonds is 3. The number of nitrogens with two attached hydrogens (primary N) is 1. The minimum Gasteiger partial charge on any atom is -0.489 e. The summed E-state index contributed by atoms with van der Waals surface area (Å²) < 4.78 is 11.4. The summed E-state index contributed by atoms with van der Waals surface area (Å²) in [6.07, 6.45) is 0.905. The predicted octanol–water partition coefficient (Wildman–Crippen LogP) is 1.49. The maximum Gasteiger partial charge on any atom is 0.165 e. The molecule has 1 aliphatic rings. The van der Waals surface area contributed by atoms with Crippen LogP contribution < -0.4 is 15.2 Å². The van der Waals surface area contributed by atoms with Gasteiger partial charge in [-0.05, 0) is 27.1 Å². The first-order chi connectivity index (χ1) is 7.58. The van der Waals surface area contributed by atoms with Gasteiger partial charge in [0.1, 0.15) is 6.23 Å². The molecule has 16 heavy (non-hydrogen) atoms. The molecule has 1 unspecified atom stereocenters. The molecule has 1 aromatic carbocycles. The van der Waals surface area contributed by atoms with Gasteiger partial charge >= 0.3 is 0 Å². The third kappa shape index (κ3) is 2.07. The van der Waals surface area contributed by atoms with Crippen molar-refractivity contribution in [3.05, 3.63) is 17.7 Å². The first kappa shape index (κ1) is 11.1. The Morgan fingerprint density at radius 3 is 2.88 bits per heavy atom. The molecule has 2 N–H and O–H groups in total. The predicted molar refractivity (Wildman–Crippen MR) is 63.8 cm³/mol. The largest absolute Gasteiger partial charge is 0.489 e. The molecule has 88 valence electrons. The Labute approximate surface area is 95.9 Å². The summed E-state index contributed by atoms with van der Waals surface area (Å²) in [5.74, 6) is 1.59. The van der Waals surface area contributed by atoms with E-state index in [2.05, 4.69) is 0 Å². The second kappa shape index (κ2) is 4.22. The lowest BCUT2D eigenvalue weighted by atomic mass is 10.1. The van der Waals surface area contributed by atoms with Crippen molar-refractivity contribution in [1.29, 1.82) is 0 Å². The molecule has 0 saturated heterocycles. The Bertz CT molecular complexity index is 391. The van der Waals surface area contributed by atoms with Crippen molar-refractivity contribution in [2.75, 3.05) is 26.4 Å². The number of hydrogen-bond acceptors (Lipinski definition) is 4. The molecule has 2 rings (SSSR count). The van der Waals surface area contributed by atoms with Crippen LogP contribution in [-0.2, 0) is 6.42 Å². The molecule has 0 saturated carbocycles. The quantitative estimate of drug-likeness (QED) is 0.622. The van der Waals surface area contributed by atoms with Crippen molar-refractivity contribution in [2.24, 2.45) is 0 Å². The molecule has 0 aromatic heterocycles. The molecule has 0 bridgehead atoms. The van der Waals surface area contributed by atoms with Crippen LogP contribution in [0.2, 0.25) is 0 Å². The average Bonchev–Trinajstić information content (AvgIpc) is 2.65. The van der Waals surface area contributed by atoms with E-state index in [4.69, 9.17) is 15.2 Å². The van der Waals surface area contributed by atoms with Crippen LogP contribution in [0.1, 0.15) is 12.5 Å². The van der Waals surface area contributed by atoms with Gasteiger partial charge in [-0.2, -0.15) is 0 Å².